The number of hydrogen-bond donors (Lipinski definition) is 1. The maximum atomic E-state index is 12.2. The average molecular weight is 295 g/mol. The van der Waals surface area contributed by atoms with Crippen molar-refractivity contribution >= 4 is 15.9 Å². The van der Waals surface area contributed by atoms with E-state index in [-0.39, 0.29) is 13.2 Å². The van der Waals surface area contributed by atoms with Crippen molar-refractivity contribution < 1.29 is 17.9 Å². The Kier molecular flexibility index (Phi) is 3.52. The minimum atomic E-state index is -3.62. The first-order chi connectivity index (χ1) is 9.58. The minimum Gasteiger partial charge on any atom is -0.378 e. The van der Waals surface area contributed by atoms with Crippen LogP contribution in [0, 0.1) is 0 Å². The number of carbonyl (C=O) groups is 1. The third kappa shape index (κ3) is 2.45. The number of hydrogen-bond acceptors (Lipinski definition) is 4. The Balaban J connectivity index is 1.84. The molecule has 0 spiro atoms. The lowest BCUT2D eigenvalue weighted by Crippen LogP contribution is -2.48. The molecule has 1 amide bonds. The smallest absolute Gasteiger partial charge is 0.265 e. The van der Waals surface area contributed by atoms with Crippen LogP contribution in [0.2, 0.25) is 0 Å². The number of aryl methyl sites for hydroxylation is 1. The number of rotatable bonds is 3. The van der Waals surface area contributed by atoms with Crippen molar-refractivity contribution in [1.29, 1.82) is 0 Å². The number of amides is 1. The van der Waals surface area contributed by atoms with Gasteiger partial charge >= 0.3 is 0 Å². The molecule has 3 rings (SSSR count). The molecule has 0 atom stereocenters. The highest BCUT2D eigenvalue weighted by Crippen LogP contribution is 2.24. The van der Waals surface area contributed by atoms with Gasteiger partial charge in [0.2, 0.25) is 10.0 Å². The summed E-state index contributed by atoms with van der Waals surface area (Å²) < 4.78 is 31.0. The number of sulfonamides is 1. The molecule has 0 radical (unpaired) electrons. The third-order valence-electron chi connectivity index (χ3n) is 3.92. The van der Waals surface area contributed by atoms with Gasteiger partial charge in [0.1, 0.15) is 5.25 Å². The summed E-state index contributed by atoms with van der Waals surface area (Å²) in [5.41, 5.74) is 2.65. The molecule has 5 nitrogen and oxygen atoms in total. The zero-order chi connectivity index (χ0) is 14.2. The second kappa shape index (κ2) is 5.18. The predicted octanol–water partition coefficient (Wildman–Crippen LogP) is 1.02. The molecule has 20 heavy (non-hydrogen) atoms. The Morgan fingerprint density at radius 3 is 2.65 bits per heavy atom. The van der Waals surface area contributed by atoms with Crippen LogP contribution in [-0.4, -0.2) is 32.8 Å². The largest absolute Gasteiger partial charge is 0.378 e. The molecule has 1 aromatic carbocycles. The molecule has 1 fully saturated rings. The third-order valence-corrected chi connectivity index (χ3v) is 5.54. The topological polar surface area (TPSA) is 72.5 Å². The van der Waals surface area contributed by atoms with Crippen LogP contribution in [0.5, 0.6) is 0 Å². The number of carbonyl (C=O) groups excluding carboxylic acids is 1. The average Bonchev–Trinajstić information content (AvgIpc) is 2.34. The van der Waals surface area contributed by atoms with Gasteiger partial charge in [0, 0.05) is 5.56 Å². The molecule has 108 valence electrons. The standard InChI is InChI=1S/C14H17NO4S/c16-14(15-20(17,18)11-8-19-9-11)13-7-3-5-10-4-1-2-6-12(10)13/h3,5,7,11H,1-2,4,6,8-9H2,(H,15,16). The van der Waals surface area contributed by atoms with Gasteiger partial charge in [0.15, 0.2) is 0 Å². The fraction of sp³-hybridized carbons (Fsp3) is 0.500. The lowest BCUT2D eigenvalue weighted by Gasteiger charge is -2.26. The van der Waals surface area contributed by atoms with Crippen molar-refractivity contribution in [3.8, 4) is 0 Å². The monoisotopic (exact) mass is 295 g/mol. The van der Waals surface area contributed by atoms with Crippen LogP contribution in [0.1, 0.15) is 34.3 Å². The quantitative estimate of drug-likeness (QED) is 0.904. The Morgan fingerprint density at radius 1 is 1.20 bits per heavy atom. The molecule has 1 N–H and O–H groups in total. The fourth-order valence-electron chi connectivity index (χ4n) is 2.65. The molecule has 0 unspecified atom stereocenters. The van der Waals surface area contributed by atoms with Crippen LogP contribution in [0.25, 0.3) is 0 Å². The first-order valence-corrected chi connectivity index (χ1v) is 8.37. The summed E-state index contributed by atoms with van der Waals surface area (Å²) in [7, 11) is -3.62. The van der Waals surface area contributed by atoms with Crippen LogP contribution in [0.3, 0.4) is 0 Å². The van der Waals surface area contributed by atoms with Crippen molar-refractivity contribution in [2.45, 2.75) is 30.9 Å². The summed E-state index contributed by atoms with van der Waals surface area (Å²) in [4.78, 5) is 12.2. The first kappa shape index (κ1) is 13.6. The van der Waals surface area contributed by atoms with Gasteiger partial charge in [-0.3, -0.25) is 4.79 Å². The molecule has 1 aromatic rings. The van der Waals surface area contributed by atoms with Crippen molar-refractivity contribution in [1.82, 2.24) is 4.72 Å². The maximum absolute atomic E-state index is 12.2. The van der Waals surface area contributed by atoms with Gasteiger partial charge < -0.3 is 4.74 Å². The van der Waals surface area contributed by atoms with Gasteiger partial charge in [0.25, 0.3) is 5.91 Å². The lowest BCUT2D eigenvalue weighted by molar-refractivity contribution is 0.0411. The summed E-state index contributed by atoms with van der Waals surface area (Å²) in [5.74, 6) is -0.518. The summed E-state index contributed by atoms with van der Waals surface area (Å²) in [5, 5.41) is -0.606. The minimum absolute atomic E-state index is 0.162. The zero-order valence-electron chi connectivity index (χ0n) is 11.1. The number of ether oxygens (including phenoxy) is 1. The lowest BCUT2D eigenvalue weighted by atomic mass is 9.88. The Morgan fingerprint density at radius 2 is 1.95 bits per heavy atom. The highest BCUT2D eigenvalue weighted by Gasteiger charge is 2.34. The SMILES string of the molecule is O=C(NS(=O)(=O)C1COC1)c1cccc2c1CCCC2. The van der Waals surface area contributed by atoms with Gasteiger partial charge in [-0.2, -0.15) is 0 Å². The van der Waals surface area contributed by atoms with E-state index in [1.807, 2.05) is 12.1 Å². The highest BCUT2D eigenvalue weighted by molar-refractivity contribution is 7.90. The molecule has 0 aromatic heterocycles. The molecular weight excluding hydrogens is 278 g/mol. The van der Waals surface area contributed by atoms with Crippen LogP contribution >= 0.6 is 0 Å². The molecular formula is C14H17NO4S. The van der Waals surface area contributed by atoms with Gasteiger partial charge in [-0.05, 0) is 42.9 Å². The molecule has 2 aliphatic rings. The van der Waals surface area contributed by atoms with E-state index in [4.69, 9.17) is 4.74 Å². The van der Waals surface area contributed by atoms with Crippen molar-refractivity contribution in [3.63, 3.8) is 0 Å². The van der Waals surface area contributed by atoms with Crippen LogP contribution in [0.4, 0.5) is 0 Å². The van der Waals surface area contributed by atoms with Crippen molar-refractivity contribution in [2.24, 2.45) is 0 Å². The van der Waals surface area contributed by atoms with E-state index >= 15 is 0 Å². The van der Waals surface area contributed by atoms with Gasteiger partial charge in [-0.1, -0.05) is 12.1 Å². The van der Waals surface area contributed by atoms with E-state index in [0.717, 1.165) is 36.8 Å². The second-order valence-electron chi connectivity index (χ2n) is 5.29. The molecule has 6 heteroatoms. The van der Waals surface area contributed by atoms with Gasteiger partial charge in [0.05, 0.1) is 13.2 Å². The molecule has 1 aliphatic heterocycles. The normalized spacial score (nSPS) is 19.0. The number of benzene rings is 1. The first-order valence-electron chi connectivity index (χ1n) is 6.82. The summed E-state index contributed by atoms with van der Waals surface area (Å²) >= 11 is 0. The number of fused-ring (bicyclic) bond motifs is 1. The molecule has 0 bridgehead atoms. The molecule has 1 heterocycles. The van der Waals surface area contributed by atoms with Crippen LogP contribution in [-0.2, 0) is 27.6 Å². The Hall–Kier alpha value is -1.40. The van der Waals surface area contributed by atoms with E-state index in [9.17, 15) is 13.2 Å². The molecule has 1 aliphatic carbocycles. The Labute approximate surface area is 118 Å². The van der Waals surface area contributed by atoms with Crippen molar-refractivity contribution in [3.05, 3.63) is 34.9 Å². The van der Waals surface area contributed by atoms with Gasteiger partial charge in [-0.15, -0.1) is 0 Å². The Bertz CT molecular complexity index is 635. The van der Waals surface area contributed by atoms with E-state index in [1.165, 1.54) is 0 Å². The fourth-order valence-corrected chi connectivity index (χ4v) is 3.74. The van der Waals surface area contributed by atoms with E-state index < -0.39 is 21.2 Å². The van der Waals surface area contributed by atoms with E-state index in [2.05, 4.69) is 4.72 Å². The second-order valence-corrected chi connectivity index (χ2v) is 7.25. The van der Waals surface area contributed by atoms with Crippen LogP contribution in [0.15, 0.2) is 18.2 Å². The predicted molar refractivity (Wildman–Crippen MR) is 74.1 cm³/mol. The van der Waals surface area contributed by atoms with Crippen molar-refractivity contribution in [2.75, 3.05) is 13.2 Å². The van der Waals surface area contributed by atoms with E-state index in [0.29, 0.717) is 5.56 Å². The van der Waals surface area contributed by atoms with Crippen LogP contribution < -0.4 is 4.72 Å². The summed E-state index contributed by atoms with van der Waals surface area (Å²) in [6.07, 6.45) is 3.96. The molecule has 0 saturated carbocycles. The highest BCUT2D eigenvalue weighted by atomic mass is 32.2. The maximum Gasteiger partial charge on any atom is 0.265 e. The van der Waals surface area contributed by atoms with Gasteiger partial charge in [-0.25, -0.2) is 13.1 Å². The summed E-state index contributed by atoms with van der Waals surface area (Å²) in [6.45, 7) is 0.324. The van der Waals surface area contributed by atoms with E-state index in [1.54, 1.807) is 6.07 Å². The molecule has 1 saturated heterocycles. The zero-order valence-corrected chi connectivity index (χ0v) is 11.9. The summed E-state index contributed by atoms with van der Waals surface area (Å²) in [6, 6.07) is 5.53. The number of nitrogens with one attached hydrogen (secondary N) is 1.